The van der Waals surface area contributed by atoms with E-state index in [1.54, 1.807) is 0 Å². The SMILES string of the molecule is c1csc(CCN2CCNC3(CCCCC3)C2)c1. The first kappa shape index (κ1) is 12.6. The van der Waals surface area contributed by atoms with E-state index in [0.717, 1.165) is 0 Å². The van der Waals surface area contributed by atoms with Crippen molar-refractivity contribution in [3.8, 4) is 0 Å². The van der Waals surface area contributed by atoms with Crippen molar-refractivity contribution in [2.75, 3.05) is 26.2 Å². The van der Waals surface area contributed by atoms with Crippen LogP contribution in [0, 0.1) is 0 Å². The van der Waals surface area contributed by atoms with Crippen LogP contribution in [0.5, 0.6) is 0 Å². The van der Waals surface area contributed by atoms with Gasteiger partial charge in [0.15, 0.2) is 0 Å². The van der Waals surface area contributed by atoms with Gasteiger partial charge >= 0.3 is 0 Å². The molecule has 1 aliphatic heterocycles. The van der Waals surface area contributed by atoms with E-state index < -0.39 is 0 Å². The predicted molar refractivity (Wildman–Crippen MR) is 78.3 cm³/mol. The lowest BCUT2D eigenvalue weighted by atomic mass is 9.80. The highest BCUT2D eigenvalue weighted by Gasteiger charge is 2.35. The Hall–Kier alpha value is -0.380. The van der Waals surface area contributed by atoms with E-state index in [0.29, 0.717) is 5.54 Å². The van der Waals surface area contributed by atoms with Gasteiger partial charge in [-0.2, -0.15) is 0 Å². The van der Waals surface area contributed by atoms with Crippen molar-refractivity contribution in [3.63, 3.8) is 0 Å². The number of nitrogens with zero attached hydrogens (tertiary/aromatic N) is 1. The molecule has 100 valence electrons. The van der Waals surface area contributed by atoms with Crippen LogP contribution >= 0.6 is 11.3 Å². The van der Waals surface area contributed by atoms with Crippen molar-refractivity contribution in [2.24, 2.45) is 0 Å². The molecular weight excluding hydrogens is 240 g/mol. The zero-order chi connectivity index (χ0) is 12.3. The van der Waals surface area contributed by atoms with Crippen LogP contribution in [0.3, 0.4) is 0 Å². The monoisotopic (exact) mass is 264 g/mol. The molecule has 1 aliphatic carbocycles. The third kappa shape index (κ3) is 2.95. The molecule has 2 heterocycles. The molecular formula is C15H24N2S. The molecule has 0 atom stereocenters. The quantitative estimate of drug-likeness (QED) is 0.903. The van der Waals surface area contributed by atoms with Crippen LogP contribution in [-0.2, 0) is 6.42 Å². The Kier molecular flexibility index (Phi) is 4.02. The van der Waals surface area contributed by atoms with Crippen molar-refractivity contribution < 1.29 is 0 Å². The number of rotatable bonds is 3. The van der Waals surface area contributed by atoms with Crippen LogP contribution in [0.15, 0.2) is 17.5 Å². The van der Waals surface area contributed by atoms with Gasteiger partial charge in [0.2, 0.25) is 0 Å². The Balaban J connectivity index is 1.53. The van der Waals surface area contributed by atoms with Crippen LogP contribution < -0.4 is 5.32 Å². The zero-order valence-electron chi connectivity index (χ0n) is 11.2. The average molecular weight is 264 g/mol. The predicted octanol–water partition coefficient (Wildman–Crippen LogP) is 2.90. The molecule has 2 nitrogen and oxygen atoms in total. The molecule has 1 aromatic heterocycles. The van der Waals surface area contributed by atoms with E-state index in [2.05, 4.69) is 27.7 Å². The summed E-state index contributed by atoms with van der Waals surface area (Å²) in [6, 6.07) is 4.43. The van der Waals surface area contributed by atoms with Crippen LogP contribution in [0.2, 0.25) is 0 Å². The molecule has 3 heteroatoms. The Morgan fingerprint density at radius 3 is 2.94 bits per heavy atom. The Labute approximate surface area is 114 Å². The summed E-state index contributed by atoms with van der Waals surface area (Å²) in [7, 11) is 0. The van der Waals surface area contributed by atoms with Gasteiger partial charge in [0.05, 0.1) is 0 Å². The molecule has 0 radical (unpaired) electrons. The lowest BCUT2D eigenvalue weighted by Gasteiger charge is -2.46. The number of hydrogen-bond donors (Lipinski definition) is 1. The van der Waals surface area contributed by atoms with E-state index in [1.165, 1.54) is 69.6 Å². The summed E-state index contributed by atoms with van der Waals surface area (Å²) in [6.07, 6.45) is 8.30. The third-order valence-corrected chi connectivity index (χ3v) is 5.46. The minimum atomic E-state index is 0.464. The fraction of sp³-hybridized carbons (Fsp3) is 0.733. The second kappa shape index (κ2) is 5.72. The number of thiophene rings is 1. The molecule has 2 aliphatic rings. The van der Waals surface area contributed by atoms with Crippen LogP contribution in [0.25, 0.3) is 0 Å². The van der Waals surface area contributed by atoms with Gasteiger partial charge in [-0.15, -0.1) is 11.3 Å². The topological polar surface area (TPSA) is 15.3 Å². The van der Waals surface area contributed by atoms with Gasteiger partial charge in [0.1, 0.15) is 0 Å². The van der Waals surface area contributed by atoms with Crippen molar-refractivity contribution in [2.45, 2.75) is 44.1 Å². The van der Waals surface area contributed by atoms with Crippen molar-refractivity contribution in [3.05, 3.63) is 22.4 Å². The fourth-order valence-electron chi connectivity index (χ4n) is 3.52. The maximum atomic E-state index is 3.82. The van der Waals surface area contributed by atoms with Crippen LogP contribution in [0.4, 0.5) is 0 Å². The second-order valence-corrected chi connectivity index (χ2v) is 6.91. The summed E-state index contributed by atoms with van der Waals surface area (Å²) in [5, 5.41) is 6.01. The molecule has 18 heavy (non-hydrogen) atoms. The first-order valence-electron chi connectivity index (χ1n) is 7.36. The normalized spacial score (nSPS) is 24.4. The lowest BCUT2D eigenvalue weighted by molar-refractivity contribution is 0.100. The Bertz CT molecular complexity index is 349. The van der Waals surface area contributed by atoms with Gasteiger partial charge in [0.25, 0.3) is 0 Å². The third-order valence-electron chi connectivity index (χ3n) is 4.52. The van der Waals surface area contributed by atoms with Crippen LogP contribution in [-0.4, -0.2) is 36.6 Å². The minimum Gasteiger partial charge on any atom is -0.309 e. The summed E-state index contributed by atoms with van der Waals surface area (Å²) in [5.74, 6) is 0. The van der Waals surface area contributed by atoms with Gasteiger partial charge in [0, 0.05) is 36.6 Å². The summed E-state index contributed by atoms with van der Waals surface area (Å²) < 4.78 is 0. The highest BCUT2D eigenvalue weighted by atomic mass is 32.1. The van der Waals surface area contributed by atoms with Crippen molar-refractivity contribution >= 4 is 11.3 Å². The molecule has 0 bridgehead atoms. The van der Waals surface area contributed by atoms with E-state index in [-0.39, 0.29) is 0 Å². The molecule has 0 unspecified atom stereocenters. The largest absolute Gasteiger partial charge is 0.309 e. The van der Waals surface area contributed by atoms with E-state index >= 15 is 0 Å². The standard InChI is InChI=1S/C15H24N2S/c1-2-7-15(8-3-1)13-17(11-9-16-15)10-6-14-5-4-12-18-14/h4-5,12,16H,1-3,6-11,13H2. The van der Waals surface area contributed by atoms with Gasteiger partial charge in [-0.3, -0.25) is 4.90 Å². The molecule has 1 aromatic rings. The Morgan fingerprint density at radius 1 is 1.28 bits per heavy atom. The number of nitrogens with one attached hydrogen (secondary N) is 1. The highest BCUT2D eigenvalue weighted by Crippen LogP contribution is 2.30. The molecule has 1 saturated heterocycles. The number of hydrogen-bond acceptors (Lipinski definition) is 3. The molecule has 0 aromatic carbocycles. The fourth-order valence-corrected chi connectivity index (χ4v) is 4.22. The maximum absolute atomic E-state index is 3.82. The average Bonchev–Trinajstić information content (AvgIpc) is 2.91. The summed E-state index contributed by atoms with van der Waals surface area (Å²) in [6.45, 7) is 4.93. The lowest BCUT2D eigenvalue weighted by Crippen LogP contribution is -2.61. The van der Waals surface area contributed by atoms with Crippen LogP contribution in [0.1, 0.15) is 37.0 Å². The zero-order valence-corrected chi connectivity index (χ0v) is 12.0. The first-order valence-corrected chi connectivity index (χ1v) is 8.24. The van der Waals surface area contributed by atoms with Gasteiger partial charge in [-0.25, -0.2) is 0 Å². The Morgan fingerprint density at radius 2 is 2.17 bits per heavy atom. The molecule has 1 N–H and O–H groups in total. The molecule has 1 spiro atoms. The van der Waals surface area contributed by atoms with Crippen molar-refractivity contribution in [1.82, 2.24) is 10.2 Å². The molecule has 1 saturated carbocycles. The second-order valence-electron chi connectivity index (χ2n) is 5.87. The molecule has 2 fully saturated rings. The van der Waals surface area contributed by atoms with Gasteiger partial charge < -0.3 is 5.32 Å². The molecule has 3 rings (SSSR count). The smallest absolute Gasteiger partial charge is 0.0309 e. The maximum Gasteiger partial charge on any atom is 0.0309 e. The first-order chi connectivity index (χ1) is 8.86. The highest BCUT2D eigenvalue weighted by molar-refractivity contribution is 7.09. The summed E-state index contributed by atoms with van der Waals surface area (Å²) in [4.78, 5) is 4.22. The molecule has 0 amide bonds. The summed E-state index contributed by atoms with van der Waals surface area (Å²) in [5.41, 5.74) is 0.464. The number of piperazine rings is 1. The van der Waals surface area contributed by atoms with Crippen molar-refractivity contribution in [1.29, 1.82) is 0 Å². The summed E-state index contributed by atoms with van der Waals surface area (Å²) >= 11 is 1.90. The van der Waals surface area contributed by atoms with Gasteiger partial charge in [-0.1, -0.05) is 25.3 Å². The minimum absolute atomic E-state index is 0.464. The van der Waals surface area contributed by atoms with E-state index in [1.807, 2.05) is 11.3 Å². The van der Waals surface area contributed by atoms with Gasteiger partial charge in [-0.05, 0) is 30.7 Å². The van der Waals surface area contributed by atoms with E-state index in [4.69, 9.17) is 0 Å². The van der Waals surface area contributed by atoms with E-state index in [9.17, 15) is 0 Å².